The van der Waals surface area contributed by atoms with Crippen molar-refractivity contribution in [1.29, 1.82) is 0 Å². The Morgan fingerprint density at radius 1 is 1.05 bits per heavy atom. The van der Waals surface area contributed by atoms with Gasteiger partial charge in [0.25, 0.3) is 0 Å². The molecule has 1 N–H and O–H groups in total. The highest BCUT2D eigenvalue weighted by molar-refractivity contribution is 5.25. The molecule has 0 amide bonds. The molecule has 112 valence electrons. The normalized spacial score (nSPS) is 11.4. The summed E-state index contributed by atoms with van der Waals surface area (Å²) in [5, 5.41) is 3.45. The van der Waals surface area contributed by atoms with Crippen molar-refractivity contribution in [2.45, 2.75) is 39.3 Å². The number of nitrogens with one attached hydrogen (secondary N) is 1. The van der Waals surface area contributed by atoms with Crippen molar-refractivity contribution in [3.05, 3.63) is 54.0 Å². The molecule has 0 aromatic carbocycles. The highest BCUT2D eigenvalue weighted by Crippen LogP contribution is 2.15. The Kier molecular flexibility index (Phi) is 5.28. The SMILES string of the molecule is CC(C)(C)NCc1cccnc1OCCc1ccccn1. The Hall–Kier alpha value is -1.94. The molecule has 0 radical (unpaired) electrons. The molecule has 4 heteroatoms. The van der Waals surface area contributed by atoms with Gasteiger partial charge in [-0.3, -0.25) is 4.98 Å². The van der Waals surface area contributed by atoms with Crippen molar-refractivity contribution in [3.8, 4) is 5.88 Å². The predicted octanol–water partition coefficient (Wildman–Crippen LogP) is 2.99. The van der Waals surface area contributed by atoms with Crippen molar-refractivity contribution in [2.75, 3.05) is 6.61 Å². The lowest BCUT2D eigenvalue weighted by molar-refractivity contribution is 0.301. The zero-order chi connectivity index (χ0) is 15.1. The standard InChI is InChI=1S/C17H23N3O/c1-17(2,3)20-13-14-7-6-11-19-16(14)21-12-9-15-8-4-5-10-18-15/h4-8,10-11,20H,9,12-13H2,1-3H3. The zero-order valence-corrected chi connectivity index (χ0v) is 13.0. The summed E-state index contributed by atoms with van der Waals surface area (Å²) in [4.78, 5) is 8.62. The summed E-state index contributed by atoms with van der Waals surface area (Å²) in [5.74, 6) is 0.699. The second-order valence-electron chi connectivity index (χ2n) is 5.99. The molecule has 0 unspecified atom stereocenters. The molecule has 0 spiro atoms. The first-order chi connectivity index (χ1) is 10.0. The number of pyridine rings is 2. The van der Waals surface area contributed by atoms with E-state index in [1.807, 2.05) is 30.3 Å². The molecule has 0 saturated carbocycles. The minimum Gasteiger partial charge on any atom is -0.477 e. The van der Waals surface area contributed by atoms with Gasteiger partial charge in [-0.15, -0.1) is 0 Å². The maximum absolute atomic E-state index is 5.82. The molecule has 2 heterocycles. The van der Waals surface area contributed by atoms with E-state index in [1.165, 1.54) is 0 Å². The molecule has 2 aromatic heterocycles. The van der Waals surface area contributed by atoms with Crippen LogP contribution in [0.5, 0.6) is 5.88 Å². The summed E-state index contributed by atoms with van der Waals surface area (Å²) in [7, 11) is 0. The zero-order valence-electron chi connectivity index (χ0n) is 13.0. The van der Waals surface area contributed by atoms with Gasteiger partial charge in [0.2, 0.25) is 5.88 Å². The second kappa shape index (κ2) is 7.18. The first-order valence-electron chi connectivity index (χ1n) is 7.26. The van der Waals surface area contributed by atoms with Crippen LogP contribution in [0.25, 0.3) is 0 Å². The first kappa shape index (κ1) is 15.4. The summed E-state index contributed by atoms with van der Waals surface area (Å²) < 4.78 is 5.82. The van der Waals surface area contributed by atoms with E-state index < -0.39 is 0 Å². The van der Waals surface area contributed by atoms with Crippen molar-refractivity contribution < 1.29 is 4.74 Å². The molecular weight excluding hydrogens is 262 g/mol. The molecule has 0 aliphatic rings. The van der Waals surface area contributed by atoms with Crippen LogP contribution in [0.3, 0.4) is 0 Å². The number of nitrogens with zero attached hydrogens (tertiary/aromatic N) is 2. The molecule has 0 aliphatic carbocycles. The Morgan fingerprint density at radius 2 is 1.86 bits per heavy atom. The predicted molar refractivity (Wildman–Crippen MR) is 84.3 cm³/mol. The van der Waals surface area contributed by atoms with Gasteiger partial charge in [0.05, 0.1) is 6.61 Å². The second-order valence-corrected chi connectivity index (χ2v) is 5.99. The number of aromatic nitrogens is 2. The van der Waals surface area contributed by atoms with E-state index in [0.717, 1.165) is 24.2 Å². The molecular formula is C17H23N3O. The molecule has 4 nitrogen and oxygen atoms in total. The van der Waals surface area contributed by atoms with E-state index in [-0.39, 0.29) is 5.54 Å². The van der Waals surface area contributed by atoms with Crippen molar-refractivity contribution in [3.63, 3.8) is 0 Å². The minimum absolute atomic E-state index is 0.0705. The van der Waals surface area contributed by atoms with Crippen LogP contribution in [0, 0.1) is 0 Å². The van der Waals surface area contributed by atoms with Crippen molar-refractivity contribution in [2.24, 2.45) is 0 Å². The van der Waals surface area contributed by atoms with E-state index in [2.05, 4.69) is 36.1 Å². The molecule has 0 aliphatic heterocycles. The highest BCUT2D eigenvalue weighted by Gasteiger charge is 2.11. The van der Waals surface area contributed by atoms with Gasteiger partial charge in [0.15, 0.2) is 0 Å². The molecule has 0 atom stereocenters. The van der Waals surface area contributed by atoms with Gasteiger partial charge in [0.1, 0.15) is 0 Å². The number of hydrogen-bond donors (Lipinski definition) is 1. The van der Waals surface area contributed by atoms with Gasteiger partial charge in [-0.1, -0.05) is 12.1 Å². The van der Waals surface area contributed by atoms with Gasteiger partial charge >= 0.3 is 0 Å². The van der Waals surface area contributed by atoms with Crippen LogP contribution in [0.4, 0.5) is 0 Å². The number of ether oxygens (including phenoxy) is 1. The van der Waals surface area contributed by atoms with Crippen LogP contribution in [0.2, 0.25) is 0 Å². The van der Waals surface area contributed by atoms with Gasteiger partial charge in [-0.25, -0.2) is 4.98 Å². The third kappa shape index (κ3) is 5.52. The van der Waals surface area contributed by atoms with Gasteiger partial charge in [-0.05, 0) is 39.0 Å². The number of rotatable bonds is 6. The topological polar surface area (TPSA) is 47.0 Å². The molecule has 0 bridgehead atoms. The van der Waals surface area contributed by atoms with E-state index in [9.17, 15) is 0 Å². The van der Waals surface area contributed by atoms with Crippen LogP contribution in [-0.4, -0.2) is 22.1 Å². The fourth-order valence-electron chi connectivity index (χ4n) is 1.85. The molecule has 0 fully saturated rings. The van der Waals surface area contributed by atoms with Crippen LogP contribution >= 0.6 is 0 Å². The van der Waals surface area contributed by atoms with Crippen molar-refractivity contribution in [1.82, 2.24) is 15.3 Å². The van der Waals surface area contributed by atoms with E-state index in [0.29, 0.717) is 12.5 Å². The van der Waals surface area contributed by atoms with Crippen LogP contribution in [0.1, 0.15) is 32.0 Å². The summed E-state index contributed by atoms with van der Waals surface area (Å²) >= 11 is 0. The van der Waals surface area contributed by atoms with Gasteiger partial charge < -0.3 is 10.1 Å². The quantitative estimate of drug-likeness (QED) is 0.886. The lowest BCUT2D eigenvalue weighted by atomic mass is 10.1. The minimum atomic E-state index is 0.0705. The fourth-order valence-corrected chi connectivity index (χ4v) is 1.85. The first-order valence-corrected chi connectivity index (χ1v) is 7.26. The monoisotopic (exact) mass is 285 g/mol. The van der Waals surface area contributed by atoms with E-state index in [1.54, 1.807) is 12.4 Å². The number of hydrogen-bond acceptors (Lipinski definition) is 4. The Balaban J connectivity index is 1.90. The maximum atomic E-state index is 5.82. The third-order valence-corrected chi connectivity index (χ3v) is 2.98. The van der Waals surface area contributed by atoms with Gasteiger partial charge in [-0.2, -0.15) is 0 Å². The maximum Gasteiger partial charge on any atom is 0.217 e. The highest BCUT2D eigenvalue weighted by atomic mass is 16.5. The molecule has 0 saturated heterocycles. The molecule has 21 heavy (non-hydrogen) atoms. The fraction of sp³-hybridized carbons (Fsp3) is 0.412. The van der Waals surface area contributed by atoms with Crippen LogP contribution in [-0.2, 0) is 13.0 Å². The largest absolute Gasteiger partial charge is 0.477 e. The molecule has 2 aromatic rings. The Bertz CT molecular complexity index is 549. The lowest BCUT2D eigenvalue weighted by Crippen LogP contribution is -2.35. The summed E-state index contributed by atoms with van der Waals surface area (Å²) in [6.07, 6.45) is 4.34. The average molecular weight is 285 g/mol. The van der Waals surface area contributed by atoms with Crippen LogP contribution in [0.15, 0.2) is 42.7 Å². The average Bonchev–Trinajstić information content (AvgIpc) is 2.46. The van der Waals surface area contributed by atoms with Crippen molar-refractivity contribution >= 4 is 0 Å². The van der Waals surface area contributed by atoms with Gasteiger partial charge in [0, 0.05) is 42.2 Å². The van der Waals surface area contributed by atoms with Crippen LogP contribution < -0.4 is 10.1 Å². The summed E-state index contributed by atoms with van der Waals surface area (Å²) in [5.41, 5.74) is 2.18. The Morgan fingerprint density at radius 3 is 2.57 bits per heavy atom. The summed E-state index contributed by atoms with van der Waals surface area (Å²) in [6.45, 7) is 7.76. The van der Waals surface area contributed by atoms with E-state index >= 15 is 0 Å². The smallest absolute Gasteiger partial charge is 0.217 e. The Labute approximate surface area is 126 Å². The summed E-state index contributed by atoms with van der Waals surface area (Å²) in [6, 6.07) is 9.89. The lowest BCUT2D eigenvalue weighted by Gasteiger charge is -2.21. The van der Waals surface area contributed by atoms with E-state index in [4.69, 9.17) is 4.74 Å². The third-order valence-electron chi connectivity index (χ3n) is 2.98. The molecule has 2 rings (SSSR count).